The lowest BCUT2D eigenvalue weighted by Gasteiger charge is -2.27. The second-order valence-corrected chi connectivity index (χ2v) is 6.12. The molecule has 1 amide bonds. The number of nitrogens with one attached hydrogen (secondary N) is 1. The average molecular weight is 318 g/mol. The normalized spacial score (nSPS) is 14.8. The van der Waals surface area contributed by atoms with Crippen molar-refractivity contribution in [3.05, 3.63) is 29.3 Å². The highest BCUT2D eigenvalue weighted by Crippen LogP contribution is 2.20. The molecule has 0 unspecified atom stereocenters. The second kappa shape index (κ2) is 9.56. The summed E-state index contributed by atoms with van der Waals surface area (Å²) >= 11 is 0. The molecule has 1 fully saturated rings. The zero-order valence-electron chi connectivity index (χ0n) is 14.6. The standard InChI is InChI=1S/C19H30N2O2/c1-3-14-23-18-9-8-17(16(4-2)15-18)6-5-7-19(22)21-12-10-20-11-13-21/h8-9,15,20H,3-7,10-14H2,1-2H3. The number of hydrogen-bond donors (Lipinski definition) is 1. The second-order valence-electron chi connectivity index (χ2n) is 6.12. The summed E-state index contributed by atoms with van der Waals surface area (Å²) < 4.78 is 5.71. The molecule has 4 nitrogen and oxygen atoms in total. The smallest absolute Gasteiger partial charge is 0.222 e. The number of aryl methyl sites for hydroxylation is 2. The van der Waals surface area contributed by atoms with Crippen molar-refractivity contribution in [2.45, 2.75) is 46.0 Å². The van der Waals surface area contributed by atoms with Crippen LogP contribution in [0.15, 0.2) is 18.2 Å². The van der Waals surface area contributed by atoms with Gasteiger partial charge in [-0.1, -0.05) is 19.9 Å². The van der Waals surface area contributed by atoms with E-state index in [4.69, 9.17) is 4.74 Å². The van der Waals surface area contributed by atoms with Crippen LogP contribution in [-0.4, -0.2) is 43.6 Å². The van der Waals surface area contributed by atoms with E-state index in [1.165, 1.54) is 11.1 Å². The Morgan fingerprint density at radius 3 is 2.70 bits per heavy atom. The van der Waals surface area contributed by atoms with Gasteiger partial charge >= 0.3 is 0 Å². The molecule has 0 aliphatic carbocycles. The maximum absolute atomic E-state index is 12.2. The summed E-state index contributed by atoms with van der Waals surface area (Å²) in [5.41, 5.74) is 2.69. The molecule has 0 aromatic heterocycles. The fraction of sp³-hybridized carbons (Fsp3) is 0.632. The minimum atomic E-state index is 0.299. The number of benzene rings is 1. The van der Waals surface area contributed by atoms with Crippen LogP contribution in [-0.2, 0) is 17.6 Å². The maximum Gasteiger partial charge on any atom is 0.222 e. The van der Waals surface area contributed by atoms with Crippen molar-refractivity contribution >= 4 is 5.91 Å². The molecule has 1 aromatic carbocycles. The maximum atomic E-state index is 12.2. The van der Waals surface area contributed by atoms with E-state index in [1.807, 2.05) is 4.90 Å². The fourth-order valence-corrected chi connectivity index (χ4v) is 2.99. The molecule has 0 saturated carbocycles. The van der Waals surface area contributed by atoms with Crippen molar-refractivity contribution in [3.63, 3.8) is 0 Å². The van der Waals surface area contributed by atoms with Crippen molar-refractivity contribution in [1.29, 1.82) is 0 Å². The number of carbonyl (C=O) groups excluding carboxylic acids is 1. The molecule has 1 aliphatic heterocycles. The Morgan fingerprint density at radius 2 is 2.00 bits per heavy atom. The van der Waals surface area contributed by atoms with Crippen molar-refractivity contribution in [1.82, 2.24) is 10.2 Å². The molecule has 1 saturated heterocycles. The lowest BCUT2D eigenvalue weighted by Crippen LogP contribution is -2.46. The molecule has 4 heteroatoms. The Bertz CT molecular complexity index is 496. The van der Waals surface area contributed by atoms with E-state index in [0.717, 1.165) is 64.2 Å². The van der Waals surface area contributed by atoms with Crippen molar-refractivity contribution in [2.75, 3.05) is 32.8 Å². The number of ether oxygens (including phenoxy) is 1. The Balaban J connectivity index is 1.83. The molecular formula is C19H30N2O2. The van der Waals surface area contributed by atoms with Crippen molar-refractivity contribution in [3.8, 4) is 5.75 Å². The van der Waals surface area contributed by atoms with E-state index in [0.29, 0.717) is 12.3 Å². The predicted molar refractivity (Wildman–Crippen MR) is 94.0 cm³/mol. The van der Waals surface area contributed by atoms with Crippen LogP contribution in [0.5, 0.6) is 5.75 Å². The summed E-state index contributed by atoms with van der Waals surface area (Å²) in [6, 6.07) is 6.38. The van der Waals surface area contributed by atoms with Gasteiger partial charge in [-0.05, 0) is 48.9 Å². The number of carbonyl (C=O) groups is 1. The van der Waals surface area contributed by atoms with E-state index < -0.39 is 0 Å². The summed E-state index contributed by atoms with van der Waals surface area (Å²) in [5.74, 6) is 1.26. The minimum Gasteiger partial charge on any atom is -0.494 e. The third-order valence-electron chi connectivity index (χ3n) is 4.34. The van der Waals surface area contributed by atoms with Gasteiger partial charge < -0.3 is 15.0 Å². The van der Waals surface area contributed by atoms with Crippen LogP contribution < -0.4 is 10.1 Å². The van der Waals surface area contributed by atoms with Gasteiger partial charge in [0.2, 0.25) is 5.91 Å². The van der Waals surface area contributed by atoms with Crippen LogP contribution >= 0.6 is 0 Å². The number of amides is 1. The molecule has 0 radical (unpaired) electrons. The van der Waals surface area contributed by atoms with Crippen molar-refractivity contribution in [2.24, 2.45) is 0 Å². The highest BCUT2D eigenvalue weighted by Gasteiger charge is 2.15. The molecule has 128 valence electrons. The van der Waals surface area contributed by atoms with Gasteiger partial charge in [-0.15, -0.1) is 0 Å². The topological polar surface area (TPSA) is 41.6 Å². The van der Waals surface area contributed by atoms with Crippen LogP contribution in [0.4, 0.5) is 0 Å². The summed E-state index contributed by atoms with van der Waals surface area (Å²) in [5, 5.41) is 3.28. The Hall–Kier alpha value is -1.55. The molecule has 0 spiro atoms. The van der Waals surface area contributed by atoms with Gasteiger partial charge in [-0.2, -0.15) is 0 Å². The van der Waals surface area contributed by atoms with Crippen LogP contribution in [0.1, 0.15) is 44.2 Å². The highest BCUT2D eigenvalue weighted by molar-refractivity contribution is 5.76. The molecule has 1 aliphatic rings. The van der Waals surface area contributed by atoms with Gasteiger partial charge in [-0.3, -0.25) is 4.79 Å². The van der Waals surface area contributed by atoms with E-state index in [2.05, 4.69) is 37.4 Å². The number of piperazine rings is 1. The quantitative estimate of drug-likeness (QED) is 0.801. The van der Waals surface area contributed by atoms with Gasteiger partial charge in [0.1, 0.15) is 5.75 Å². The molecule has 1 heterocycles. The number of nitrogens with zero attached hydrogens (tertiary/aromatic N) is 1. The van der Waals surface area contributed by atoms with Crippen LogP contribution in [0.2, 0.25) is 0 Å². The summed E-state index contributed by atoms with van der Waals surface area (Å²) in [4.78, 5) is 14.2. The summed E-state index contributed by atoms with van der Waals surface area (Å²) in [7, 11) is 0. The van der Waals surface area contributed by atoms with Gasteiger partial charge in [0.25, 0.3) is 0 Å². The van der Waals surface area contributed by atoms with E-state index in [9.17, 15) is 4.79 Å². The van der Waals surface area contributed by atoms with Crippen LogP contribution in [0.25, 0.3) is 0 Å². The Morgan fingerprint density at radius 1 is 1.22 bits per heavy atom. The third-order valence-corrected chi connectivity index (χ3v) is 4.34. The Kier molecular flexibility index (Phi) is 7.40. The first-order chi connectivity index (χ1) is 11.2. The zero-order valence-corrected chi connectivity index (χ0v) is 14.6. The van der Waals surface area contributed by atoms with Crippen LogP contribution in [0.3, 0.4) is 0 Å². The molecule has 23 heavy (non-hydrogen) atoms. The van der Waals surface area contributed by atoms with E-state index in [1.54, 1.807) is 0 Å². The van der Waals surface area contributed by atoms with Crippen molar-refractivity contribution < 1.29 is 9.53 Å². The average Bonchev–Trinajstić information content (AvgIpc) is 2.61. The van der Waals surface area contributed by atoms with Crippen LogP contribution in [0, 0.1) is 0 Å². The molecular weight excluding hydrogens is 288 g/mol. The zero-order chi connectivity index (χ0) is 16.5. The molecule has 0 bridgehead atoms. The van der Waals surface area contributed by atoms with Gasteiger partial charge in [0, 0.05) is 32.6 Å². The predicted octanol–water partition coefficient (Wildman–Crippen LogP) is 2.79. The summed E-state index contributed by atoms with van der Waals surface area (Å²) in [6.07, 6.45) is 4.57. The van der Waals surface area contributed by atoms with Gasteiger partial charge in [0.15, 0.2) is 0 Å². The monoisotopic (exact) mass is 318 g/mol. The molecule has 1 aromatic rings. The summed E-state index contributed by atoms with van der Waals surface area (Å²) in [6.45, 7) is 8.60. The third kappa shape index (κ3) is 5.54. The molecule has 1 N–H and O–H groups in total. The van der Waals surface area contributed by atoms with Gasteiger partial charge in [-0.25, -0.2) is 0 Å². The van der Waals surface area contributed by atoms with E-state index in [-0.39, 0.29) is 0 Å². The number of hydrogen-bond acceptors (Lipinski definition) is 3. The van der Waals surface area contributed by atoms with Gasteiger partial charge in [0.05, 0.1) is 6.61 Å². The molecule has 2 rings (SSSR count). The van der Waals surface area contributed by atoms with E-state index >= 15 is 0 Å². The number of rotatable bonds is 8. The lowest BCUT2D eigenvalue weighted by atomic mass is 9.99. The Labute approximate surface area is 140 Å². The first-order valence-corrected chi connectivity index (χ1v) is 8.97. The SMILES string of the molecule is CCCOc1ccc(CCCC(=O)N2CCNCC2)c(CC)c1. The first-order valence-electron chi connectivity index (χ1n) is 8.97. The molecule has 0 atom stereocenters. The minimum absolute atomic E-state index is 0.299. The lowest BCUT2D eigenvalue weighted by molar-refractivity contribution is -0.131. The fourth-order valence-electron chi connectivity index (χ4n) is 2.99. The first kappa shape index (κ1) is 17.8. The largest absolute Gasteiger partial charge is 0.494 e. The highest BCUT2D eigenvalue weighted by atomic mass is 16.5.